The number of carbonyl (C=O) groups excluding carboxylic acids is 1. The molecule has 0 unspecified atom stereocenters. The predicted molar refractivity (Wildman–Crippen MR) is 119 cm³/mol. The average Bonchev–Trinajstić information content (AvgIpc) is 3.25. The fourth-order valence-corrected chi connectivity index (χ4v) is 5.48. The van der Waals surface area contributed by atoms with Gasteiger partial charge in [0, 0.05) is 26.2 Å². The molecule has 1 fully saturated rings. The molecule has 0 bridgehead atoms. The van der Waals surface area contributed by atoms with Crippen molar-refractivity contribution in [2.75, 3.05) is 26.2 Å². The Morgan fingerprint density at radius 3 is 2.33 bits per heavy atom. The number of hydrogen-bond acceptors (Lipinski definition) is 4. The van der Waals surface area contributed by atoms with Crippen LogP contribution >= 0.6 is 11.6 Å². The van der Waals surface area contributed by atoms with Gasteiger partial charge in [0.2, 0.25) is 10.0 Å². The number of nitrogens with zero attached hydrogens (tertiary/aromatic N) is 4. The molecular weight excluding hydrogens is 474 g/mol. The minimum absolute atomic E-state index is 0.0939. The molecule has 1 aromatic heterocycles. The van der Waals surface area contributed by atoms with E-state index in [9.17, 15) is 22.0 Å². The van der Waals surface area contributed by atoms with Gasteiger partial charge in [0.05, 0.1) is 33.1 Å². The lowest BCUT2D eigenvalue weighted by Crippen LogP contribution is -2.50. The standard InChI is InChI=1S/C22H21ClF2N4O3S/c1-2-21-18(14-26-29(21)16-5-3-15(24)4-6-16)22(30)27-9-11-28(12-10-27)33(31,32)17-7-8-20(25)19(23)13-17/h3-8,13-14H,2,9-12H2,1H3. The maximum atomic E-state index is 13.4. The number of sulfonamides is 1. The van der Waals surface area contributed by atoms with Crippen LogP contribution in [0.2, 0.25) is 5.02 Å². The summed E-state index contributed by atoms with van der Waals surface area (Å²) in [5.41, 5.74) is 1.74. The SMILES string of the molecule is CCc1c(C(=O)N2CCN(S(=O)(=O)c3ccc(F)c(Cl)c3)CC2)cnn1-c1ccc(F)cc1. The number of amides is 1. The number of carbonyl (C=O) groups is 1. The molecule has 0 aliphatic carbocycles. The molecule has 0 atom stereocenters. The van der Waals surface area contributed by atoms with Crippen molar-refractivity contribution in [1.29, 1.82) is 0 Å². The van der Waals surface area contributed by atoms with Gasteiger partial charge >= 0.3 is 0 Å². The third kappa shape index (κ3) is 4.50. The van der Waals surface area contributed by atoms with Crippen LogP contribution in [-0.4, -0.2) is 59.5 Å². The molecule has 2 aromatic carbocycles. The lowest BCUT2D eigenvalue weighted by molar-refractivity contribution is 0.0696. The topological polar surface area (TPSA) is 75.5 Å². The zero-order chi connectivity index (χ0) is 23.8. The summed E-state index contributed by atoms with van der Waals surface area (Å²) in [6, 6.07) is 9.09. The van der Waals surface area contributed by atoms with E-state index in [1.165, 1.54) is 28.7 Å². The highest BCUT2D eigenvalue weighted by Crippen LogP contribution is 2.24. The van der Waals surface area contributed by atoms with Crippen LogP contribution in [0.15, 0.2) is 53.6 Å². The van der Waals surface area contributed by atoms with Gasteiger partial charge in [-0.2, -0.15) is 9.40 Å². The Kier molecular flexibility index (Phi) is 6.51. The Bertz CT molecular complexity index is 1290. The van der Waals surface area contributed by atoms with Gasteiger partial charge in [0.15, 0.2) is 0 Å². The Morgan fingerprint density at radius 2 is 1.73 bits per heavy atom. The van der Waals surface area contributed by atoms with Gasteiger partial charge in [-0.3, -0.25) is 4.79 Å². The van der Waals surface area contributed by atoms with E-state index in [1.54, 1.807) is 21.7 Å². The molecule has 3 aromatic rings. The molecule has 0 spiro atoms. The zero-order valence-corrected chi connectivity index (χ0v) is 19.3. The summed E-state index contributed by atoms with van der Waals surface area (Å²) in [5.74, 6) is -1.31. The van der Waals surface area contributed by atoms with Crippen molar-refractivity contribution in [2.45, 2.75) is 18.2 Å². The van der Waals surface area contributed by atoms with Crippen molar-refractivity contribution in [3.8, 4) is 5.69 Å². The van der Waals surface area contributed by atoms with Crippen molar-refractivity contribution < 1.29 is 22.0 Å². The Balaban J connectivity index is 1.50. The second-order valence-corrected chi connectivity index (χ2v) is 9.86. The molecule has 1 amide bonds. The number of aromatic nitrogens is 2. The van der Waals surface area contributed by atoms with E-state index in [0.29, 0.717) is 23.4 Å². The summed E-state index contributed by atoms with van der Waals surface area (Å²) in [6.07, 6.45) is 2.01. The molecule has 0 saturated carbocycles. The molecule has 4 rings (SSSR count). The molecule has 11 heteroatoms. The van der Waals surface area contributed by atoms with Crippen molar-refractivity contribution >= 4 is 27.5 Å². The third-order valence-electron chi connectivity index (χ3n) is 5.56. The van der Waals surface area contributed by atoms with Gasteiger partial charge in [0.1, 0.15) is 11.6 Å². The number of halogens is 3. The van der Waals surface area contributed by atoms with Crippen LogP contribution in [-0.2, 0) is 16.4 Å². The molecular formula is C22H21ClF2N4O3S. The average molecular weight is 495 g/mol. The Morgan fingerprint density at radius 1 is 1.06 bits per heavy atom. The molecule has 1 aliphatic heterocycles. The first-order valence-electron chi connectivity index (χ1n) is 10.3. The van der Waals surface area contributed by atoms with E-state index in [0.717, 1.165) is 12.1 Å². The van der Waals surface area contributed by atoms with Crippen LogP contribution in [0.3, 0.4) is 0 Å². The van der Waals surface area contributed by atoms with Crippen LogP contribution < -0.4 is 0 Å². The smallest absolute Gasteiger partial charge is 0.257 e. The highest BCUT2D eigenvalue weighted by atomic mass is 35.5. The fourth-order valence-electron chi connectivity index (χ4n) is 3.79. The highest BCUT2D eigenvalue weighted by Gasteiger charge is 2.32. The fraction of sp³-hybridized carbons (Fsp3) is 0.273. The van der Waals surface area contributed by atoms with Crippen molar-refractivity contribution in [2.24, 2.45) is 0 Å². The molecule has 33 heavy (non-hydrogen) atoms. The van der Waals surface area contributed by atoms with Gasteiger partial charge in [-0.05, 0) is 48.9 Å². The van der Waals surface area contributed by atoms with Gasteiger partial charge in [-0.25, -0.2) is 21.9 Å². The van der Waals surface area contributed by atoms with Crippen LogP contribution in [0.25, 0.3) is 5.69 Å². The molecule has 7 nitrogen and oxygen atoms in total. The van der Waals surface area contributed by atoms with Crippen LogP contribution in [0.4, 0.5) is 8.78 Å². The first kappa shape index (κ1) is 23.3. The van der Waals surface area contributed by atoms with E-state index in [2.05, 4.69) is 5.10 Å². The number of piperazine rings is 1. The minimum Gasteiger partial charge on any atom is -0.336 e. The van der Waals surface area contributed by atoms with Crippen molar-refractivity contribution in [3.63, 3.8) is 0 Å². The van der Waals surface area contributed by atoms with E-state index in [-0.39, 0.29) is 47.8 Å². The molecule has 0 radical (unpaired) electrons. The normalized spacial score (nSPS) is 15.1. The van der Waals surface area contributed by atoms with E-state index < -0.39 is 15.8 Å². The summed E-state index contributed by atoms with van der Waals surface area (Å²) in [7, 11) is -3.87. The first-order chi connectivity index (χ1) is 15.7. The number of hydrogen-bond donors (Lipinski definition) is 0. The molecule has 1 aliphatic rings. The van der Waals surface area contributed by atoms with Crippen LogP contribution in [0, 0.1) is 11.6 Å². The van der Waals surface area contributed by atoms with Crippen molar-refractivity contribution in [1.82, 2.24) is 19.0 Å². The maximum Gasteiger partial charge on any atom is 0.257 e. The predicted octanol–water partition coefficient (Wildman–Crippen LogP) is 3.51. The van der Waals surface area contributed by atoms with Crippen LogP contribution in [0.5, 0.6) is 0 Å². The number of benzene rings is 2. The van der Waals surface area contributed by atoms with Crippen molar-refractivity contribution in [3.05, 3.63) is 76.6 Å². The summed E-state index contributed by atoms with van der Waals surface area (Å²) >= 11 is 5.74. The second-order valence-electron chi connectivity index (χ2n) is 7.52. The molecule has 1 saturated heterocycles. The van der Waals surface area contributed by atoms with Gasteiger partial charge in [0.25, 0.3) is 5.91 Å². The first-order valence-corrected chi connectivity index (χ1v) is 12.1. The summed E-state index contributed by atoms with van der Waals surface area (Å²) in [6.45, 7) is 2.47. The summed E-state index contributed by atoms with van der Waals surface area (Å²) in [4.78, 5) is 14.7. The lowest BCUT2D eigenvalue weighted by Gasteiger charge is -2.34. The van der Waals surface area contributed by atoms with E-state index >= 15 is 0 Å². The summed E-state index contributed by atoms with van der Waals surface area (Å²) in [5, 5.41) is 4.04. The van der Waals surface area contributed by atoms with Crippen LogP contribution in [0.1, 0.15) is 23.0 Å². The van der Waals surface area contributed by atoms with E-state index in [1.807, 2.05) is 6.92 Å². The van der Waals surface area contributed by atoms with Gasteiger partial charge in [-0.15, -0.1) is 0 Å². The monoisotopic (exact) mass is 494 g/mol. The summed E-state index contributed by atoms with van der Waals surface area (Å²) < 4.78 is 55.3. The quantitative estimate of drug-likeness (QED) is 0.544. The maximum absolute atomic E-state index is 13.4. The second kappa shape index (κ2) is 9.20. The Hall–Kier alpha value is -2.82. The largest absolute Gasteiger partial charge is 0.336 e. The molecule has 174 valence electrons. The Labute approximate surface area is 195 Å². The third-order valence-corrected chi connectivity index (χ3v) is 7.74. The molecule has 0 N–H and O–H groups in total. The molecule has 2 heterocycles. The number of rotatable bonds is 5. The van der Waals surface area contributed by atoms with Gasteiger partial charge in [-0.1, -0.05) is 18.5 Å². The van der Waals surface area contributed by atoms with E-state index in [4.69, 9.17) is 11.6 Å². The minimum atomic E-state index is -3.87. The highest BCUT2D eigenvalue weighted by molar-refractivity contribution is 7.89. The lowest BCUT2D eigenvalue weighted by atomic mass is 10.1. The zero-order valence-electron chi connectivity index (χ0n) is 17.7. The van der Waals surface area contributed by atoms with Gasteiger partial charge < -0.3 is 4.90 Å².